The molecule has 1 aromatic rings. The molecule has 0 spiro atoms. The molecule has 0 aliphatic carbocycles. The topological polar surface area (TPSA) is 63.7 Å². The van der Waals surface area contributed by atoms with Crippen molar-refractivity contribution < 1.29 is 17.9 Å². The molecule has 1 heterocycles. The number of hydrogen-bond acceptors (Lipinski definition) is 4. The number of piperidine rings is 1. The second-order valence-electron chi connectivity index (χ2n) is 4.88. The summed E-state index contributed by atoms with van der Waals surface area (Å²) in [5.74, 6) is -0.694. The minimum Gasteiger partial charge on any atom is -0.466 e. The SMILES string of the molecule is CCOC(=O)[C@H]1CCCN(S(=O)(=O)c2ccccc2Br)C1. The molecule has 7 heteroatoms. The number of carbonyl (C=O) groups is 1. The number of ether oxygens (including phenoxy) is 1. The van der Waals surface area contributed by atoms with Crippen molar-refractivity contribution in [3.05, 3.63) is 28.7 Å². The monoisotopic (exact) mass is 375 g/mol. The molecular formula is C14H18BrNO4S. The quantitative estimate of drug-likeness (QED) is 0.758. The van der Waals surface area contributed by atoms with Gasteiger partial charge in [0, 0.05) is 17.6 Å². The summed E-state index contributed by atoms with van der Waals surface area (Å²) in [5.41, 5.74) is 0. The highest BCUT2D eigenvalue weighted by Crippen LogP contribution is 2.28. The van der Waals surface area contributed by atoms with Crippen molar-refractivity contribution in [2.45, 2.75) is 24.7 Å². The summed E-state index contributed by atoms with van der Waals surface area (Å²) in [6, 6.07) is 6.71. The lowest BCUT2D eigenvalue weighted by Crippen LogP contribution is -2.42. The third-order valence-electron chi connectivity index (χ3n) is 3.46. The van der Waals surface area contributed by atoms with E-state index < -0.39 is 10.0 Å². The Kier molecular flexibility index (Phi) is 5.40. The average Bonchev–Trinajstić information content (AvgIpc) is 2.48. The van der Waals surface area contributed by atoms with Crippen molar-refractivity contribution in [2.75, 3.05) is 19.7 Å². The molecule has 0 aromatic heterocycles. The van der Waals surface area contributed by atoms with Crippen LogP contribution in [0.1, 0.15) is 19.8 Å². The van der Waals surface area contributed by atoms with Crippen LogP contribution in [-0.4, -0.2) is 38.4 Å². The fourth-order valence-electron chi connectivity index (χ4n) is 2.41. The Balaban J connectivity index is 2.21. The fourth-order valence-corrected chi connectivity index (χ4v) is 4.89. The van der Waals surface area contributed by atoms with Gasteiger partial charge >= 0.3 is 5.97 Å². The van der Waals surface area contributed by atoms with Gasteiger partial charge in [-0.3, -0.25) is 4.79 Å². The average molecular weight is 376 g/mol. The number of nitrogens with zero attached hydrogens (tertiary/aromatic N) is 1. The predicted molar refractivity (Wildman–Crippen MR) is 82.3 cm³/mol. The fraction of sp³-hybridized carbons (Fsp3) is 0.500. The maximum absolute atomic E-state index is 12.7. The van der Waals surface area contributed by atoms with Crippen LogP contribution in [0.4, 0.5) is 0 Å². The van der Waals surface area contributed by atoms with Crippen LogP contribution in [-0.2, 0) is 19.6 Å². The summed E-state index contributed by atoms with van der Waals surface area (Å²) in [4.78, 5) is 12.1. The van der Waals surface area contributed by atoms with Gasteiger partial charge < -0.3 is 4.74 Å². The molecule has 0 saturated carbocycles. The van der Waals surface area contributed by atoms with Gasteiger partial charge in [-0.2, -0.15) is 4.31 Å². The highest BCUT2D eigenvalue weighted by Gasteiger charge is 2.34. The highest BCUT2D eigenvalue weighted by molar-refractivity contribution is 9.10. The maximum Gasteiger partial charge on any atom is 0.310 e. The number of halogens is 1. The van der Waals surface area contributed by atoms with Gasteiger partial charge in [-0.25, -0.2) is 8.42 Å². The number of esters is 1. The summed E-state index contributed by atoms with van der Waals surface area (Å²) in [6.45, 7) is 2.67. The van der Waals surface area contributed by atoms with Gasteiger partial charge in [0.2, 0.25) is 10.0 Å². The van der Waals surface area contributed by atoms with Crippen molar-refractivity contribution in [3.63, 3.8) is 0 Å². The van der Waals surface area contributed by atoms with E-state index in [1.54, 1.807) is 31.2 Å². The molecule has 1 aliphatic rings. The number of hydrogen-bond donors (Lipinski definition) is 0. The van der Waals surface area contributed by atoms with Crippen LogP contribution in [0.15, 0.2) is 33.6 Å². The van der Waals surface area contributed by atoms with E-state index in [2.05, 4.69) is 15.9 Å². The molecule has 0 bridgehead atoms. The number of benzene rings is 1. The Morgan fingerprint density at radius 3 is 2.81 bits per heavy atom. The third-order valence-corrected chi connectivity index (χ3v) is 6.34. The molecule has 0 N–H and O–H groups in total. The summed E-state index contributed by atoms with van der Waals surface area (Å²) < 4.78 is 32.3. The maximum atomic E-state index is 12.7. The molecule has 0 unspecified atom stereocenters. The molecule has 0 radical (unpaired) electrons. The second kappa shape index (κ2) is 6.89. The van der Waals surface area contributed by atoms with Crippen molar-refractivity contribution in [1.29, 1.82) is 0 Å². The molecule has 1 aromatic carbocycles. The molecule has 2 rings (SSSR count). The van der Waals surface area contributed by atoms with Crippen molar-refractivity contribution >= 4 is 31.9 Å². The summed E-state index contributed by atoms with van der Waals surface area (Å²) in [5, 5.41) is 0. The van der Waals surface area contributed by atoms with E-state index in [1.807, 2.05) is 0 Å². The Morgan fingerprint density at radius 2 is 2.14 bits per heavy atom. The van der Waals surface area contributed by atoms with Crippen molar-refractivity contribution in [3.8, 4) is 0 Å². The zero-order valence-corrected chi connectivity index (χ0v) is 14.2. The van der Waals surface area contributed by atoms with Crippen molar-refractivity contribution in [2.24, 2.45) is 5.92 Å². The van der Waals surface area contributed by atoms with Gasteiger partial charge in [-0.05, 0) is 47.8 Å². The van der Waals surface area contributed by atoms with Crippen molar-refractivity contribution in [1.82, 2.24) is 4.31 Å². The van der Waals surface area contributed by atoms with Crippen LogP contribution in [0.5, 0.6) is 0 Å². The Morgan fingerprint density at radius 1 is 1.43 bits per heavy atom. The largest absolute Gasteiger partial charge is 0.466 e. The highest BCUT2D eigenvalue weighted by atomic mass is 79.9. The van der Waals surface area contributed by atoms with Crippen LogP contribution in [0, 0.1) is 5.92 Å². The Hall–Kier alpha value is -0.920. The molecule has 5 nitrogen and oxygen atoms in total. The minimum atomic E-state index is -3.60. The lowest BCUT2D eigenvalue weighted by Gasteiger charge is -2.30. The minimum absolute atomic E-state index is 0.183. The molecule has 1 aliphatic heterocycles. The normalized spacial score (nSPS) is 20.2. The molecular weight excluding hydrogens is 358 g/mol. The first-order valence-electron chi connectivity index (χ1n) is 6.88. The predicted octanol–water partition coefficient (Wildman–Crippen LogP) is 2.41. The first-order chi connectivity index (χ1) is 9.96. The smallest absolute Gasteiger partial charge is 0.310 e. The van der Waals surface area contributed by atoms with Gasteiger partial charge in [0.05, 0.1) is 17.4 Å². The van der Waals surface area contributed by atoms with E-state index in [-0.39, 0.29) is 23.3 Å². The second-order valence-corrected chi connectivity index (χ2v) is 7.65. The van der Waals surface area contributed by atoms with Gasteiger partial charge in [0.1, 0.15) is 0 Å². The number of carbonyl (C=O) groups excluding carboxylic acids is 1. The Bertz CT molecular complexity index is 617. The Labute approximate surface area is 133 Å². The summed E-state index contributed by atoms with van der Waals surface area (Å²) in [6.07, 6.45) is 1.33. The van der Waals surface area contributed by atoms with E-state index in [4.69, 9.17) is 4.74 Å². The summed E-state index contributed by atoms with van der Waals surface area (Å²) >= 11 is 3.27. The molecule has 116 valence electrons. The standard InChI is InChI=1S/C14H18BrNO4S/c1-2-20-14(17)11-6-5-9-16(10-11)21(18,19)13-8-4-3-7-12(13)15/h3-4,7-8,11H,2,5-6,9-10H2,1H3/t11-/m0/s1. The lowest BCUT2D eigenvalue weighted by atomic mass is 10.0. The van der Waals surface area contributed by atoms with Gasteiger partial charge in [0.25, 0.3) is 0 Å². The van der Waals surface area contributed by atoms with E-state index in [0.717, 1.165) is 0 Å². The summed E-state index contributed by atoms with van der Waals surface area (Å²) in [7, 11) is -3.60. The lowest BCUT2D eigenvalue weighted by molar-refractivity contribution is -0.149. The first kappa shape index (κ1) is 16.5. The van der Waals surface area contributed by atoms with Gasteiger partial charge in [0.15, 0.2) is 0 Å². The zero-order chi connectivity index (χ0) is 15.5. The van der Waals surface area contributed by atoms with E-state index in [0.29, 0.717) is 30.5 Å². The van der Waals surface area contributed by atoms with Crippen LogP contribution >= 0.6 is 15.9 Å². The molecule has 0 amide bonds. The van der Waals surface area contributed by atoms with Crippen LogP contribution < -0.4 is 0 Å². The molecule has 1 saturated heterocycles. The molecule has 21 heavy (non-hydrogen) atoms. The van der Waals surface area contributed by atoms with E-state index in [9.17, 15) is 13.2 Å². The van der Waals surface area contributed by atoms with Crippen LogP contribution in [0.3, 0.4) is 0 Å². The van der Waals surface area contributed by atoms with E-state index >= 15 is 0 Å². The third kappa shape index (κ3) is 3.64. The van der Waals surface area contributed by atoms with Gasteiger partial charge in [-0.15, -0.1) is 0 Å². The number of rotatable bonds is 4. The first-order valence-corrected chi connectivity index (χ1v) is 9.11. The zero-order valence-electron chi connectivity index (χ0n) is 11.8. The number of sulfonamides is 1. The molecule has 1 fully saturated rings. The van der Waals surface area contributed by atoms with E-state index in [1.165, 1.54) is 4.31 Å². The molecule has 1 atom stereocenters. The van der Waals surface area contributed by atoms with Crippen LogP contribution in [0.2, 0.25) is 0 Å². The van der Waals surface area contributed by atoms with Crippen LogP contribution in [0.25, 0.3) is 0 Å². The van der Waals surface area contributed by atoms with Gasteiger partial charge in [-0.1, -0.05) is 12.1 Å².